The van der Waals surface area contributed by atoms with E-state index in [4.69, 9.17) is 0 Å². The van der Waals surface area contributed by atoms with Crippen LogP contribution in [0.5, 0.6) is 0 Å². The summed E-state index contributed by atoms with van der Waals surface area (Å²) in [6, 6.07) is 24.9. The second-order valence-electron chi connectivity index (χ2n) is 5.41. The van der Waals surface area contributed by atoms with E-state index in [0.717, 1.165) is 16.9 Å². The first-order valence-corrected chi connectivity index (χ1v) is 7.80. The van der Waals surface area contributed by atoms with Gasteiger partial charge in [0.05, 0.1) is 5.56 Å². The smallest absolute Gasteiger partial charge is 0.187 e. The van der Waals surface area contributed by atoms with Crippen molar-refractivity contribution in [3.05, 3.63) is 84.6 Å². The van der Waals surface area contributed by atoms with Gasteiger partial charge in [-0.25, -0.2) is 4.98 Å². The minimum Gasteiger partial charge on any atom is -0.283 e. The molecule has 0 aliphatic rings. The molecule has 5 nitrogen and oxygen atoms in total. The summed E-state index contributed by atoms with van der Waals surface area (Å²) in [4.78, 5) is 4.68. The van der Waals surface area contributed by atoms with Gasteiger partial charge in [-0.1, -0.05) is 48.5 Å². The number of pyridine rings is 1. The lowest BCUT2D eigenvalue weighted by Crippen LogP contribution is -1.81. The molecule has 0 aliphatic heterocycles. The monoisotopic (exact) mass is 323 g/mol. The lowest BCUT2D eigenvalue weighted by molar-refractivity contribution is 1.10. The van der Waals surface area contributed by atoms with Gasteiger partial charge < -0.3 is 0 Å². The maximum Gasteiger partial charge on any atom is 0.187 e. The zero-order chi connectivity index (χ0) is 17.1. The summed E-state index contributed by atoms with van der Waals surface area (Å²) in [5.74, 6) is 0.634. The molecule has 0 saturated heterocycles. The van der Waals surface area contributed by atoms with Gasteiger partial charge in [-0.15, -0.1) is 10.2 Å². The fourth-order valence-corrected chi connectivity index (χ4v) is 2.62. The largest absolute Gasteiger partial charge is 0.283 e. The van der Waals surface area contributed by atoms with Crippen LogP contribution in [-0.2, 0) is 0 Å². The Hall–Kier alpha value is -3.78. The number of benzene rings is 2. The van der Waals surface area contributed by atoms with Gasteiger partial charge in [0.25, 0.3) is 0 Å². The van der Waals surface area contributed by atoms with Crippen molar-refractivity contribution >= 4 is 17.2 Å². The third kappa shape index (κ3) is 2.77. The van der Waals surface area contributed by atoms with E-state index < -0.39 is 0 Å². The highest BCUT2D eigenvalue weighted by molar-refractivity contribution is 5.74. The molecule has 0 aliphatic carbocycles. The molecular weight excluding hydrogens is 310 g/mol. The van der Waals surface area contributed by atoms with Crippen molar-refractivity contribution in [2.75, 3.05) is 0 Å². The average molecular weight is 323 g/mol. The van der Waals surface area contributed by atoms with Crippen LogP contribution < -0.4 is 0 Å². The second kappa shape index (κ2) is 6.38. The molecule has 0 bridgehead atoms. The van der Waals surface area contributed by atoms with Crippen LogP contribution in [0.25, 0.3) is 16.9 Å². The predicted octanol–water partition coefficient (Wildman–Crippen LogP) is 5.29. The van der Waals surface area contributed by atoms with E-state index in [1.807, 2.05) is 65.2 Å². The second-order valence-corrected chi connectivity index (χ2v) is 5.41. The molecule has 25 heavy (non-hydrogen) atoms. The third-order valence-electron chi connectivity index (χ3n) is 3.83. The Kier molecular flexibility index (Phi) is 3.77. The molecule has 5 heteroatoms. The number of hydrogen-bond acceptors (Lipinski definition) is 4. The van der Waals surface area contributed by atoms with Crippen LogP contribution in [0, 0.1) is 11.3 Å². The molecular formula is C20H13N5. The molecule has 4 rings (SSSR count). The van der Waals surface area contributed by atoms with E-state index in [9.17, 15) is 5.26 Å². The van der Waals surface area contributed by atoms with Gasteiger partial charge in [0.15, 0.2) is 5.82 Å². The van der Waals surface area contributed by atoms with Crippen LogP contribution in [0.4, 0.5) is 11.5 Å². The van der Waals surface area contributed by atoms with E-state index in [0.29, 0.717) is 17.1 Å². The fourth-order valence-electron chi connectivity index (χ4n) is 2.62. The number of imidazole rings is 1. The van der Waals surface area contributed by atoms with Crippen LogP contribution in [0.2, 0.25) is 0 Å². The fraction of sp³-hybridized carbons (Fsp3) is 0. The minimum atomic E-state index is 0.487. The maximum absolute atomic E-state index is 9.21. The van der Waals surface area contributed by atoms with Crippen molar-refractivity contribution in [3.8, 4) is 17.3 Å². The van der Waals surface area contributed by atoms with E-state index in [1.54, 1.807) is 18.2 Å². The zero-order valence-corrected chi connectivity index (χ0v) is 13.2. The summed E-state index contributed by atoms with van der Waals surface area (Å²) >= 11 is 0. The van der Waals surface area contributed by atoms with Crippen LogP contribution in [0.1, 0.15) is 5.56 Å². The Bertz CT molecular complexity index is 1100. The number of rotatable bonds is 3. The Morgan fingerprint density at radius 3 is 2.44 bits per heavy atom. The highest BCUT2D eigenvalue weighted by Gasteiger charge is 2.13. The van der Waals surface area contributed by atoms with Gasteiger partial charge in [-0.3, -0.25) is 4.40 Å². The summed E-state index contributed by atoms with van der Waals surface area (Å²) in [6.07, 6.45) is 1.90. The van der Waals surface area contributed by atoms with Gasteiger partial charge in [-0.05, 0) is 24.3 Å². The molecule has 0 spiro atoms. The SMILES string of the molecule is N#Cc1ccccc1N=Nc1c(-c2ccccc2)nc2ccccn12. The zero-order valence-electron chi connectivity index (χ0n) is 13.2. The van der Waals surface area contributed by atoms with Crippen molar-refractivity contribution in [2.24, 2.45) is 10.2 Å². The quantitative estimate of drug-likeness (QED) is 0.481. The summed E-state index contributed by atoms with van der Waals surface area (Å²) in [5, 5.41) is 17.9. The van der Waals surface area contributed by atoms with Crippen molar-refractivity contribution in [1.29, 1.82) is 5.26 Å². The molecule has 2 aromatic carbocycles. The van der Waals surface area contributed by atoms with E-state index in [1.165, 1.54) is 0 Å². The number of aromatic nitrogens is 2. The molecule has 2 heterocycles. The normalized spacial score (nSPS) is 11.0. The number of hydrogen-bond donors (Lipinski definition) is 0. The maximum atomic E-state index is 9.21. The van der Waals surface area contributed by atoms with Crippen molar-refractivity contribution in [3.63, 3.8) is 0 Å². The topological polar surface area (TPSA) is 65.8 Å². The summed E-state index contributed by atoms with van der Waals surface area (Å²) < 4.78 is 1.89. The molecule has 0 fully saturated rings. The molecule has 0 saturated carbocycles. The van der Waals surface area contributed by atoms with Gasteiger partial charge in [0, 0.05) is 11.8 Å². The van der Waals surface area contributed by atoms with E-state index in [-0.39, 0.29) is 0 Å². The summed E-state index contributed by atoms with van der Waals surface area (Å²) in [6.45, 7) is 0. The Labute approximate surface area is 144 Å². The third-order valence-corrected chi connectivity index (χ3v) is 3.83. The average Bonchev–Trinajstić information content (AvgIpc) is 3.06. The van der Waals surface area contributed by atoms with Crippen molar-refractivity contribution < 1.29 is 0 Å². The first-order valence-electron chi connectivity index (χ1n) is 7.80. The highest BCUT2D eigenvalue weighted by atomic mass is 15.2. The van der Waals surface area contributed by atoms with Crippen molar-refractivity contribution in [1.82, 2.24) is 9.38 Å². The van der Waals surface area contributed by atoms with Crippen molar-refractivity contribution in [2.45, 2.75) is 0 Å². The molecule has 2 aromatic heterocycles. The minimum absolute atomic E-state index is 0.487. The number of fused-ring (bicyclic) bond motifs is 1. The number of nitrogens with zero attached hydrogens (tertiary/aromatic N) is 5. The standard InChI is InChI=1S/C20H13N5/c21-14-16-10-4-5-11-17(16)23-24-20-19(15-8-2-1-3-9-15)22-18-12-6-7-13-25(18)20/h1-13H. The molecule has 0 amide bonds. The van der Waals surface area contributed by atoms with E-state index in [2.05, 4.69) is 21.3 Å². The Morgan fingerprint density at radius 1 is 0.840 bits per heavy atom. The Balaban J connectivity index is 1.89. The van der Waals surface area contributed by atoms with E-state index >= 15 is 0 Å². The first kappa shape index (κ1) is 14.8. The van der Waals surface area contributed by atoms with Gasteiger partial charge in [-0.2, -0.15) is 5.26 Å². The highest BCUT2D eigenvalue weighted by Crippen LogP contribution is 2.32. The van der Waals surface area contributed by atoms with Gasteiger partial charge >= 0.3 is 0 Å². The van der Waals surface area contributed by atoms with Crippen LogP contribution in [0.15, 0.2) is 89.2 Å². The molecule has 0 unspecified atom stereocenters. The van der Waals surface area contributed by atoms with Crippen LogP contribution in [-0.4, -0.2) is 9.38 Å². The first-order chi connectivity index (χ1) is 12.4. The van der Waals surface area contributed by atoms with Gasteiger partial charge in [0.2, 0.25) is 0 Å². The number of azo groups is 1. The molecule has 0 N–H and O–H groups in total. The predicted molar refractivity (Wildman–Crippen MR) is 96.0 cm³/mol. The van der Waals surface area contributed by atoms with Crippen LogP contribution >= 0.6 is 0 Å². The Morgan fingerprint density at radius 2 is 1.60 bits per heavy atom. The number of nitriles is 1. The molecule has 118 valence electrons. The lowest BCUT2D eigenvalue weighted by atomic mass is 10.1. The summed E-state index contributed by atoms with van der Waals surface area (Å²) in [5.41, 5.74) is 3.54. The van der Waals surface area contributed by atoms with Crippen LogP contribution in [0.3, 0.4) is 0 Å². The van der Waals surface area contributed by atoms with Gasteiger partial charge in [0.1, 0.15) is 23.1 Å². The lowest BCUT2D eigenvalue weighted by Gasteiger charge is -2.00. The molecule has 4 aromatic rings. The molecule has 0 atom stereocenters. The molecule has 0 radical (unpaired) electrons. The summed E-state index contributed by atoms with van der Waals surface area (Å²) in [7, 11) is 0.